The number of fused-ring (bicyclic) bond motifs is 1. The normalized spacial score (nSPS) is 21.5. The van der Waals surface area contributed by atoms with Crippen molar-refractivity contribution in [1.82, 2.24) is 4.90 Å². The molecule has 136 valence electrons. The zero-order chi connectivity index (χ0) is 18.2. The quantitative estimate of drug-likeness (QED) is 0.828. The Morgan fingerprint density at radius 1 is 1.48 bits per heavy atom. The van der Waals surface area contributed by atoms with Crippen molar-refractivity contribution in [3.05, 3.63) is 23.8 Å². The lowest BCUT2D eigenvalue weighted by Crippen LogP contribution is -2.41. The van der Waals surface area contributed by atoms with Gasteiger partial charge in [0.15, 0.2) is 5.84 Å². The average molecular weight is 366 g/mol. The van der Waals surface area contributed by atoms with Crippen molar-refractivity contribution >= 4 is 27.6 Å². The minimum Gasteiger partial charge on any atom is -0.491 e. The van der Waals surface area contributed by atoms with E-state index in [0.29, 0.717) is 23.6 Å². The third-order valence-corrected chi connectivity index (χ3v) is 5.24. The van der Waals surface area contributed by atoms with Gasteiger partial charge in [0, 0.05) is 12.5 Å². The molecule has 8 nitrogen and oxygen atoms in total. The molecule has 0 spiro atoms. The molecule has 1 saturated heterocycles. The lowest BCUT2D eigenvalue weighted by atomic mass is 10.1. The average Bonchev–Trinajstić information content (AvgIpc) is 2.98. The van der Waals surface area contributed by atoms with Crippen molar-refractivity contribution in [2.45, 2.75) is 32.7 Å². The summed E-state index contributed by atoms with van der Waals surface area (Å²) < 4.78 is 34.9. The van der Waals surface area contributed by atoms with E-state index in [-0.39, 0.29) is 23.7 Å². The predicted octanol–water partition coefficient (Wildman–Crippen LogP) is 1.09. The fourth-order valence-electron chi connectivity index (χ4n) is 3.15. The first-order valence-electron chi connectivity index (χ1n) is 8.23. The van der Waals surface area contributed by atoms with E-state index in [1.54, 1.807) is 18.2 Å². The van der Waals surface area contributed by atoms with Crippen molar-refractivity contribution in [2.24, 2.45) is 16.0 Å². The van der Waals surface area contributed by atoms with E-state index in [1.165, 1.54) is 0 Å². The second-order valence-corrected chi connectivity index (χ2v) is 7.86. The first kappa shape index (κ1) is 17.5. The van der Waals surface area contributed by atoms with Crippen LogP contribution >= 0.6 is 0 Å². The number of ether oxygens (including phenoxy) is 1. The number of amides is 1. The highest BCUT2D eigenvalue weighted by Crippen LogP contribution is 2.31. The molecule has 1 amide bonds. The monoisotopic (exact) mass is 366 g/mol. The molecule has 0 saturated carbocycles. The van der Waals surface area contributed by atoms with E-state index >= 15 is 0 Å². The van der Waals surface area contributed by atoms with E-state index in [9.17, 15) is 13.2 Å². The third-order valence-electron chi connectivity index (χ3n) is 4.33. The molecule has 25 heavy (non-hydrogen) atoms. The zero-order valence-electron chi connectivity index (χ0n) is 14.2. The molecule has 2 aliphatic heterocycles. The number of rotatable bonds is 4. The molecule has 0 aromatic heterocycles. The van der Waals surface area contributed by atoms with Gasteiger partial charge in [0.05, 0.1) is 17.3 Å². The molecule has 1 fully saturated rings. The molecule has 0 unspecified atom stereocenters. The number of carbonyl (C=O) groups excluding carboxylic acids is 1. The Kier molecular flexibility index (Phi) is 4.59. The minimum absolute atomic E-state index is 0.00389. The Morgan fingerprint density at radius 2 is 2.24 bits per heavy atom. The van der Waals surface area contributed by atoms with Gasteiger partial charge in [0.25, 0.3) is 0 Å². The second kappa shape index (κ2) is 6.55. The van der Waals surface area contributed by atoms with Gasteiger partial charge in [-0.05, 0) is 25.0 Å². The molecule has 3 N–H and O–H groups in total. The molecule has 1 aromatic carbocycles. The topological polar surface area (TPSA) is 114 Å². The third kappa shape index (κ3) is 3.55. The molecule has 2 heterocycles. The van der Waals surface area contributed by atoms with Gasteiger partial charge in [0.1, 0.15) is 12.4 Å². The number of benzene rings is 1. The lowest BCUT2D eigenvalue weighted by Gasteiger charge is -2.27. The van der Waals surface area contributed by atoms with E-state index < -0.39 is 10.2 Å². The van der Waals surface area contributed by atoms with Gasteiger partial charge in [-0.2, -0.15) is 8.42 Å². The molecule has 2 aliphatic rings. The van der Waals surface area contributed by atoms with Gasteiger partial charge in [-0.25, -0.2) is 0 Å². The number of nitrogens with one attached hydrogen (secondary N) is 1. The van der Waals surface area contributed by atoms with Crippen molar-refractivity contribution < 1.29 is 17.9 Å². The fourth-order valence-corrected chi connectivity index (χ4v) is 4.00. The highest BCUT2D eigenvalue weighted by molar-refractivity contribution is 7.91. The number of likely N-dealkylation sites (tertiary alicyclic amines) is 1. The summed E-state index contributed by atoms with van der Waals surface area (Å²) in [6.45, 7) is 4.83. The fraction of sp³-hybridized carbons (Fsp3) is 0.500. The molecular weight excluding hydrogens is 344 g/mol. The first-order chi connectivity index (χ1) is 11.8. The van der Waals surface area contributed by atoms with Crippen molar-refractivity contribution in [1.29, 1.82) is 0 Å². The Balaban J connectivity index is 1.78. The largest absolute Gasteiger partial charge is 0.491 e. The summed E-state index contributed by atoms with van der Waals surface area (Å²) in [5, 5.41) is 0. The molecule has 0 aliphatic carbocycles. The van der Waals surface area contributed by atoms with Crippen LogP contribution in [0.2, 0.25) is 0 Å². The summed E-state index contributed by atoms with van der Waals surface area (Å²) in [5.41, 5.74) is 6.58. The number of carbonyl (C=O) groups is 1. The molecular formula is C16H22N4O4S. The van der Waals surface area contributed by atoms with Gasteiger partial charge in [0.2, 0.25) is 5.91 Å². The van der Waals surface area contributed by atoms with Crippen molar-refractivity contribution in [2.75, 3.05) is 17.9 Å². The van der Waals surface area contributed by atoms with Gasteiger partial charge in [-0.3, -0.25) is 9.52 Å². The van der Waals surface area contributed by atoms with E-state index in [1.807, 2.05) is 18.7 Å². The Bertz CT molecular complexity index is 819. The number of anilines is 1. The number of hydrogen-bond donors (Lipinski definition) is 2. The summed E-state index contributed by atoms with van der Waals surface area (Å²) in [7, 11) is -3.82. The minimum atomic E-state index is -3.82. The van der Waals surface area contributed by atoms with Gasteiger partial charge < -0.3 is 15.4 Å². The van der Waals surface area contributed by atoms with Crippen LogP contribution in [-0.4, -0.2) is 44.3 Å². The molecule has 0 radical (unpaired) electrons. The molecule has 1 atom stereocenters. The summed E-state index contributed by atoms with van der Waals surface area (Å²) in [6, 6.07) is 5.00. The van der Waals surface area contributed by atoms with Crippen LogP contribution in [0.4, 0.5) is 5.69 Å². The van der Waals surface area contributed by atoms with E-state index in [2.05, 4.69) is 9.12 Å². The van der Waals surface area contributed by atoms with Crippen LogP contribution in [0.1, 0.15) is 32.3 Å². The van der Waals surface area contributed by atoms with Crippen LogP contribution in [0.15, 0.2) is 22.6 Å². The van der Waals surface area contributed by atoms with Gasteiger partial charge in [-0.1, -0.05) is 19.9 Å². The van der Waals surface area contributed by atoms with Crippen LogP contribution in [0, 0.1) is 5.92 Å². The van der Waals surface area contributed by atoms with Crippen molar-refractivity contribution in [3.8, 4) is 5.75 Å². The van der Waals surface area contributed by atoms with Crippen LogP contribution in [0.25, 0.3) is 0 Å². The highest BCUT2D eigenvalue weighted by Gasteiger charge is 2.31. The maximum absolute atomic E-state index is 12.3. The van der Waals surface area contributed by atoms with Crippen LogP contribution < -0.4 is 15.2 Å². The highest BCUT2D eigenvalue weighted by atomic mass is 32.2. The Hall–Kier alpha value is -2.29. The Labute approximate surface area is 147 Å². The van der Waals surface area contributed by atoms with Gasteiger partial charge >= 0.3 is 10.2 Å². The molecule has 3 rings (SSSR count). The van der Waals surface area contributed by atoms with Crippen LogP contribution in [0.5, 0.6) is 5.75 Å². The molecule has 0 bridgehead atoms. The second-order valence-electron chi connectivity index (χ2n) is 6.53. The number of hydrogen-bond acceptors (Lipinski definition) is 5. The van der Waals surface area contributed by atoms with Crippen LogP contribution in [0.3, 0.4) is 0 Å². The van der Waals surface area contributed by atoms with E-state index in [0.717, 1.165) is 19.4 Å². The van der Waals surface area contributed by atoms with E-state index in [4.69, 9.17) is 10.5 Å². The maximum atomic E-state index is 12.3. The number of nitrogens with two attached hydrogens (primary N) is 1. The number of amidine groups is 1. The first-order valence-corrected chi connectivity index (χ1v) is 9.67. The summed E-state index contributed by atoms with van der Waals surface area (Å²) in [5.74, 6) is 0.410. The molecule has 9 heteroatoms. The SMILES string of the molecule is CC(C)C(=O)N1CCC[C@H]1COc1cccc2c1C(N)=NS(=O)(=O)N2. The zero-order valence-corrected chi connectivity index (χ0v) is 15.0. The standard InChI is InChI=1S/C16H22N4O4S/c1-10(2)16(21)20-8-4-5-11(20)9-24-13-7-3-6-12-14(13)15(17)19-25(22,23)18-12/h3,6-7,10-11,18H,4-5,8-9H2,1-2H3,(H2,17,19)/t11-/m0/s1. The lowest BCUT2D eigenvalue weighted by molar-refractivity contribution is -0.135. The van der Waals surface area contributed by atoms with Gasteiger partial charge in [-0.15, -0.1) is 4.40 Å². The summed E-state index contributed by atoms with van der Waals surface area (Å²) >= 11 is 0. The van der Waals surface area contributed by atoms with Crippen molar-refractivity contribution in [3.63, 3.8) is 0 Å². The Morgan fingerprint density at radius 3 is 2.96 bits per heavy atom. The summed E-state index contributed by atoms with van der Waals surface area (Å²) in [6.07, 6.45) is 1.83. The smallest absolute Gasteiger partial charge is 0.344 e. The summed E-state index contributed by atoms with van der Waals surface area (Å²) in [4.78, 5) is 14.1. The molecule has 1 aromatic rings. The predicted molar refractivity (Wildman–Crippen MR) is 94.8 cm³/mol. The van der Waals surface area contributed by atoms with Crippen LogP contribution in [-0.2, 0) is 15.0 Å². The maximum Gasteiger partial charge on any atom is 0.344 e. The number of nitrogens with zero attached hydrogens (tertiary/aromatic N) is 2.